The van der Waals surface area contributed by atoms with Crippen LogP contribution in [0.1, 0.15) is 42.1 Å². The molecule has 1 amide bonds. The van der Waals surface area contributed by atoms with E-state index >= 15 is 0 Å². The summed E-state index contributed by atoms with van der Waals surface area (Å²) in [6.45, 7) is 5.19. The lowest BCUT2D eigenvalue weighted by molar-refractivity contribution is 0.0760. The van der Waals surface area contributed by atoms with Gasteiger partial charge < -0.3 is 14.7 Å². The predicted octanol–water partition coefficient (Wildman–Crippen LogP) is 1.78. The van der Waals surface area contributed by atoms with Gasteiger partial charge >= 0.3 is 0 Å². The molecule has 0 bridgehead atoms. The number of carbonyl (C=O) groups excluding carboxylic acids is 1. The first-order valence-electron chi connectivity index (χ1n) is 6.85. The highest BCUT2D eigenvalue weighted by molar-refractivity contribution is 5.97. The molecule has 1 N–H and O–H groups in total. The summed E-state index contributed by atoms with van der Waals surface area (Å²) in [5, 5.41) is 9.55. The summed E-state index contributed by atoms with van der Waals surface area (Å²) in [4.78, 5) is 14.2. The lowest BCUT2D eigenvalue weighted by Crippen LogP contribution is -2.29. The highest BCUT2D eigenvalue weighted by Gasteiger charge is 2.33. The third-order valence-electron chi connectivity index (χ3n) is 4.22. The Balaban J connectivity index is 1.93. The summed E-state index contributed by atoms with van der Waals surface area (Å²) in [5.41, 5.74) is 1.74. The van der Waals surface area contributed by atoms with Gasteiger partial charge in [-0.1, -0.05) is 19.1 Å². The number of hydrogen-bond donors (Lipinski definition) is 1. The number of aliphatic hydroxyl groups excluding tert-OH is 1. The number of ether oxygens (including phenoxy) is 1. The molecule has 1 saturated heterocycles. The summed E-state index contributed by atoms with van der Waals surface area (Å²) in [7, 11) is 0. The second-order valence-electron chi connectivity index (χ2n) is 5.53. The molecule has 1 fully saturated rings. The Labute approximate surface area is 113 Å². The van der Waals surface area contributed by atoms with E-state index in [1.54, 1.807) is 4.90 Å². The number of fused-ring (bicyclic) bond motifs is 1. The number of amides is 1. The van der Waals surface area contributed by atoms with Crippen LogP contribution < -0.4 is 4.74 Å². The molecule has 2 aliphatic heterocycles. The third-order valence-corrected chi connectivity index (χ3v) is 4.22. The molecule has 0 spiro atoms. The van der Waals surface area contributed by atoms with Crippen molar-refractivity contribution < 1.29 is 14.6 Å². The van der Waals surface area contributed by atoms with E-state index in [0.717, 1.165) is 11.3 Å². The van der Waals surface area contributed by atoms with Gasteiger partial charge in [-0.05, 0) is 19.4 Å². The Morgan fingerprint density at radius 1 is 1.42 bits per heavy atom. The van der Waals surface area contributed by atoms with Crippen molar-refractivity contribution in [2.75, 3.05) is 13.1 Å². The zero-order valence-corrected chi connectivity index (χ0v) is 11.3. The Morgan fingerprint density at radius 2 is 2.21 bits per heavy atom. The van der Waals surface area contributed by atoms with E-state index in [2.05, 4.69) is 6.92 Å². The van der Waals surface area contributed by atoms with Crippen molar-refractivity contribution >= 4 is 5.91 Å². The number of likely N-dealkylation sites (tertiary alicyclic amines) is 1. The van der Waals surface area contributed by atoms with E-state index in [1.807, 2.05) is 25.1 Å². The Morgan fingerprint density at radius 3 is 2.89 bits per heavy atom. The SMILES string of the molecule is CC1Oc2c(C(=O)N3CC[C@H](O)C3)cccc2C1C. The number of benzene rings is 1. The molecular formula is C15H19NO3. The van der Waals surface area contributed by atoms with Crippen LogP contribution in [0.3, 0.4) is 0 Å². The smallest absolute Gasteiger partial charge is 0.257 e. The van der Waals surface area contributed by atoms with E-state index in [0.29, 0.717) is 31.0 Å². The van der Waals surface area contributed by atoms with Crippen molar-refractivity contribution in [1.29, 1.82) is 0 Å². The standard InChI is InChI=1S/C15H19NO3/c1-9-10(2)19-14-12(9)4-3-5-13(14)15(18)16-7-6-11(17)8-16/h3-5,9-11,17H,6-8H2,1-2H3/t9?,10?,11-/m0/s1. The van der Waals surface area contributed by atoms with Gasteiger partial charge in [0.2, 0.25) is 0 Å². The Kier molecular flexibility index (Phi) is 2.97. The molecule has 102 valence electrons. The van der Waals surface area contributed by atoms with Crippen molar-refractivity contribution in [1.82, 2.24) is 4.90 Å². The zero-order chi connectivity index (χ0) is 13.6. The quantitative estimate of drug-likeness (QED) is 0.838. The van der Waals surface area contributed by atoms with Gasteiger partial charge in [0.1, 0.15) is 11.9 Å². The van der Waals surface area contributed by atoms with Crippen molar-refractivity contribution in [3.05, 3.63) is 29.3 Å². The summed E-state index contributed by atoms with van der Waals surface area (Å²) >= 11 is 0. The molecule has 0 aromatic heterocycles. The van der Waals surface area contributed by atoms with E-state index in [-0.39, 0.29) is 18.1 Å². The average Bonchev–Trinajstić information content (AvgIpc) is 2.94. The molecule has 3 atom stereocenters. The van der Waals surface area contributed by atoms with E-state index in [1.165, 1.54) is 0 Å². The lowest BCUT2D eigenvalue weighted by atomic mass is 9.96. The molecule has 0 saturated carbocycles. The molecule has 19 heavy (non-hydrogen) atoms. The molecule has 1 aromatic carbocycles. The van der Waals surface area contributed by atoms with Crippen LogP contribution in [0.2, 0.25) is 0 Å². The topological polar surface area (TPSA) is 49.8 Å². The molecule has 2 unspecified atom stereocenters. The van der Waals surface area contributed by atoms with Crippen LogP contribution in [-0.2, 0) is 0 Å². The van der Waals surface area contributed by atoms with E-state index in [4.69, 9.17) is 4.74 Å². The van der Waals surface area contributed by atoms with Gasteiger partial charge in [-0.25, -0.2) is 0 Å². The molecule has 0 aliphatic carbocycles. The monoisotopic (exact) mass is 261 g/mol. The van der Waals surface area contributed by atoms with Gasteiger partial charge in [-0.15, -0.1) is 0 Å². The van der Waals surface area contributed by atoms with E-state index in [9.17, 15) is 9.90 Å². The molecule has 3 rings (SSSR count). The highest BCUT2D eigenvalue weighted by atomic mass is 16.5. The van der Waals surface area contributed by atoms with Gasteiger partial charge in [0.15, 0.2) is 0 Å². The summed E-state index contributed by atoms with van der Waals surface area (Å²) < 4.78 is 5.85. The maximum absolute atomic E-state index is 12.5. The second kappa shape index (κ2) is 4.53. The van der Waals surface area contributed by atoms with E-state index < -0.39 is 0 Å². The van der Waals surface area contributed by atoms with Crippen LogP contribution >= 0.6 is 0 Å². The highest BCUT2D eigenvalue weighted by Crippen LogP contribution is 2.40. The molecule has 2 aliphatic rings. The number of rotatable bonds is 1. The Bertz CT molecular complexity index is 514. The maximum Gasteiger partial charge on any atom is 0.257 e. The van der Waals surface area contributed by atoms with Gasteiger partial charge in [-0.2, -0.15) is 0 Å². The van der Waals surface area contributed by atoms with Gasteiger partial charge in [0.05, 0.1) is 11.7 Å². The molecule has 2 heterocycles. The van der Waals surface area contributed by atoms with Crippen LogP contribution in [-0.4, -0.2) is 41.2 Å². The number of carbonyl (C=O) groups is 1. The normalized spacial score (nSPS) is 29.2. The minimum atomic E-state index is -0.389. The Hall–Kier alpha value is -1.55. The molecule has 1 aromatic rings. The predicted molar refractivity (Wildman–Crippen MR) is 71.5 cm³/mol. The van der Waals surface area contributed by atoms with Crippen molar-refractivity contribution in [3.8, 4) is 5.75 Å². The summed E-state index contributed by atoms with van der Waals surface area (Å²) in [6.07, 6.45) is 0.377. The summed E-state index contributed by atoms with van der Waals surface area (Å²) in [6, 6.07) is 5.76. The average molecular weight is 261 g/mol. The molecule has 4 nitrogen and oxygen atoms in total. The van der Waals surface area contributed by atoms with Gasteiger partial charge in [0, 0.05) is 24.6 Å². The van der Waals surface area contributed by atoms with Crippen LogP contribution in [0.5, 0.6) is 5.75 Å². The number of nitrogens with zero attached hydrogens (tertiary/aromatic N) is 1. The number of aliphatic hydroxyl groups is 1. The first-order valence-corrected chi connectivity index (χ1v) is 6.85. The van der Waals surface area contributed by atoms with Crippen LogP contribution in [0.4, 0.5) is 0 Å². The zero-order valence-electron chi connectivity index (χ0n) is 11.3. The fraction of sp³-hybridized carbons (Fsp3) is 0.533. The number of para-hydroxylation sites is 1. The molecular weight excluding hydrogens is 242 g/mol. The van der Waals surface area contributed by atoms with Crippen molar-refractivity contribution in [3.63, 3.8) is 0 Å². The first kappa shape index (κ1) is 12.5. The van der Waals surface area contributed by atoms with Crippen LogP contribution in [0, 0.1) is 0 Å². The fourth-order valence-electron chi connectivity index (χ4n) is 2.85. The second-order valence-corrected chi connectivity index (χ2v) is 5.53. The molecule has 0 radical (unpaired) electrons. The number of hydrogen-bond acceptors (Lipinski definition) is 3. The fourth-order valence-corrected chi connectivity index (χ4v) is 2.85. The van der Waals surface area contributed by atoms with Crippen LogP contribution in [0.15, 0.2) is 18.2 Å². The number of β-amino-alcohol motifs (C(OH)–C–C–N with tert-alkyl or cyclic N) is 1. The van der Waals surface area contributed by atoms with Gasteiger partial charge in [-0.3, -0.25) is 4.79 Å². The van der Waals surface area contributed by atoms with Crippen molar-refractivity contribution in [2.24, 2.45) is 0 Å². The van der Waals surface area contributed by atoms with Crippen LogP contribution in [0.25, 0.3) is 0 Å². The minimum absolute atomic E-state index is 0.0327. The minimum Gasteiger partial charge on any atom is -0.489 e. The molecule has 4 heteroatoms. The summed E-state index contributed by atoms with van der Waals surface area (Å²) in [5.74, 6) is 1.01. The largest absolute Gasteiger partial charge is 0.489 e. The maximum atomic E-state index is 12.5. The first-order chi connectivity index (χ1) is 9.08. The lowest BCUT2D eigenvalue weighted by Gasteiger charge is -2.17. The van der Waals surface area contributed by atoms with Gasteiger partial charge in [0.25, 0.3) is 5.91 Å². The van der Waals surface area contributed by atoms with Crippen molar-refractivity contribution in [2.45, 2.75) is 38.4 Å². The third kappa shape index (κ3) is 2.00.